The number of carbonyl (C=O) groups excluding carboxylic acids is 1. The van der Waals surface area contributed by atoms with E-state index in [1.54, 1.807) is 0 Å². The summed E-state index contributed by atoms with van der Waals surface area (Å²) in [6.07, 6.45) is 0.212. The van der Waals surface area contributed by atoms with Crippen LogP contribution in [0.4, 0.5) is 0 Å². The molecule has 0 amide bonds. The summed E-state index contributed by atoms with van der Waals surface area (Å²) in [4.78, 5) is 19.0. The Bertz CT molecular complexity index is 161. The van der Waals surface area contributed by atoms with Crippen LogP contribution < -0.4 is 5.73 Å². The Hall–Kier alpha value is -0.510. The van der Waals surface area contributed by atoms with Crippen LogP contribution in [-0.2, 0) is 14.1 Å². The van der Waals surface area contributed by atoms with E-state index in [-0.39, 0.29) is 12.6 Å². The normalized spacial score (nSPS) is 13.9. The molecule has 0 saturated carbocycles. The van der Waals surface area contributed by atoms with Gasteiger partial charge in [0.05, 0.1) is 7.11 Å². The van der Waals surface area contributed by atoms with Crippen molar-refractivity contribution in [1.82, 2.24) is 0 Å². The number of carbonyl (C=O) groups is 1. The first-order valence-electron chi connectivity index (χ1n) is 3.05. The van der Waals surface area contributed by atoms with Crippen LogP contribution in [0.25, 0.3) is 0 Å². The van der Waals surface area contributed by atoms with Crippen LogP contribution in [-0.4, -0.2) is 30.2 Å². The molecule has 0 aromatic carbocycles. The molecule has 0 heterocycles. The van der Waals surface area contributed by atoms with E-state index >= 15 is 0 Å². The van der Waals surface area contributed by atoms with E-state index < -0.39 is 20.0 Å². The molecular formula is C5H11NO4P+. The first-order valence-corrected chi connectivity index (χ1v) is 4.44. The van der Waals surface area contributed by atoms with Gasteiger partial charge in [0.1, 0.15) is 6.04 Å². The molecule has 0 fully saturated rings. The third-order valence-corrected chi connectivity index (χ3v) is 1.78. The maximum atomic E-state index is 10.6. The molecule has 2 atom stereocenters. The second-order valence-electron chi connectivity index (χ2n) is 1.99. The van der Waals surface area contributed by atoms with E-state index in [0.717, 1.165) is 0 Å². The lowest BCUT2D eigenvalue weighted by molar-refractivity contribution is -0.142. The number of esters is 1. The minimum absolute atomic E-state index is 0.0333. The van der Waals surface area contributed by atoms with Gasteiger partial charge in [0.25, 0.3) is 0 Å². The van der Waals surface area contributed by atoms with Crippen LogP contribution in [0.15, 0.2) is 0 Å². The van der Waals surface area contributed by atoms with Gasteiger partial charge in [-0.2, -0.15) is 4.89 Å². The van der Waals surface area contributed by atoms with Gasteiger partial charge < -0.3 is 10.5 Å². The number of ether oxygens (including phenoxy) is 1. The van der Waals surface area contributed by atoms with Gasteiger partial charge in [0.15, 0.2) is 6.16 Å². The summed E-state index contributed by atoms with van der Waals surface area (Å²) < 4.78 is 14.5. The number of nitrogens with two attached hydrogens (primary N) is 1. The summed E-state index contributed by atoms with van der Waals surface area (Å²) in [7, 11) is -0.977. The third-order valence-electron chi connectivity index (χ3n) is 1.14. The molecule has 6 heteroatoms. The fourth-order valence-corrected chi connectivity index (χ4v) is 1.02. The highest BCUT2D eigenvalue weighted by atomic mass is 31.1. The molecule has 0 aliphatic carbocycles. The first kappa shape index (κ1) is 10.5. The second kappa shape index (κ2) is 5.18. The summed E-state index contributed by atoms with van der Waals surface area (Å²) in [5.41, 5.74) is 5.26. The Morgan fingerprint density at radius 2 is 2.36 bits per heavy atom. The molecule has 0 aromatic heterocycles. The van der Waals surface area contributed by atoms with Crippen molar-refractivity contribution in [1.29, 1.82) is 0 Å². The average Bonchev–Trinajstić information content (AvgIpc) is 1.98. The maximum Gasteiger partial charge on any atom is 0.505 e. The van der Waals surface area contributed by atoms with Crippen LogP contribution in [0.1, 0.15) is 6.42 Å². The van der Waals surface area contributed by atoms with Crippen molar-refractivity contribution in [2.24, 2.45) is 5.73 Å². The number of methoxy groups -OCH3 is 1. The van der Waals surface area contributed by atoms with E-state index in [1.807, 2.05) is 0 Å². The Balaban J connectivity index is 3.60. The summed E-state index contributed by atoms with van der Waals surface area (Å²) in [5.74, 6) is -0.554. The van der Waals surface area contributed by atoms with Gasteiger partial charge in [-0.05, 0) is 4.57 Å². The highest BCUT2D eigenvalue weighted by Gasteiger charge is 2.19. The van der Waals surface area contributed by atoms with Crippen molar-refractivity contribution in [3.63, 3.8) is 0 Å². The van der Waals surface area contributed by atoms with Gasteiger partial charge in [-0.15, -0.1) is 0 Å². The van der Waals surface area contributed by atoms with Gasteiger partial charge in [0.2, 0.25) is 0 Å². The lowest BCUT2D eigenvalue weighted by Crippen LogP contribution is -2.31. The molecule has 5 nitrogen and oxygen atoms in total. The van der Waals surface area contributed by atoms with Crippen LogP contribution in [0, 0.1) is 0 Å². The quantitative estimate of drug-likeness (QED) is 0.454. The van der Waals surface area contributed by atoms with Crippen LogP contribution in [0.5, 0.6) is 0 Å². The molecular weight excluding hydrogens is 169 g/mol. The molecule has 11 heavy (non-hydrogen) atoms. The first-order chi connectivity index (χ1) is 5.07. The molecule has 0 radical (unpaired) electrons. The zero-order chi connectivity index (χ0) is 8.85. The van der Waals surface area contributed by atoms with Gasteiger partial charge >= 0.3 is 14.0 Å². The zero-order valence-electron chi connectivity index (χ0n) is 6.19. The largest absolute Gasteiger partial charge is 0.505 e. The zero-order valence-corrected chi connectivity index (χ0v) is 7.08. The predicted octanol–water partition coefficient (Wildman–Crippen LogP) is -0.389. The van der Waals surface area contributed by atoms with E-state index in [0.29, 0.717) is 0 Å². The SMILES string of the molecule is COC(=O)[C@@H](N)CC[P+](=O)O. The lowest BCUT2D eigenvalue weighted by atomic mass is 10.2. The lowest BCUT2D eigenvalue weighted by Gasteiger charge is -2.03. The Morgan fingerprint density at radius 1 is 1.82 bits per heavy atom. The Kier molecular flexibility index (Phi) is 4.94. The molecule has 0 saturated heterocycles. The summed E-state index contributed by atoms with van der Waals surface area (Å²) in [5, 5.41) is 0. The van der Waals surface area contributed by atoms with E-state index in [1.165, 1.54) is 7.11 Å². The molecule has 3 N–H and O–H groups in total. The van der Waals surface area contributed by atoms with Crippen LogP contribution in [0.3, 0.4) is 0 Å². The molecule has 64 valence electrons. The fraction of sp³-hybridized carbons (Fsp3) is 0.800. The molecule has 0 aliphatic rings. The summed E-state index contributed by atoms with van der Waals surface area (Å²) in [6.45, 7) is 0. The van der Waals surface area contributed by atoms with E-state index in [4.69, 9.17) is 10.6 Å². The van der Waals surface area contributed by atoms with Gasteiger partial charge in [-0.1, -0.05) is 0 Å². The number of rotatable bonds is 4. The number of hydrogen-bond acceptors (Lipinski definition) is 4. The summed E-state index contributed by atoms with van der Waals surface area (Å²) >= 11 is 0. The fourth-order valence-electron chi connectivity index (χ4n) is 0.519. The van der Waals surface area contributed by atoms with Crippen molar-refractivity contribution in [3.8, 4) is 0 Å². The van der Waals surface area contributed by atoms with Crippen molar-refractivity contribution in [2.45, 2.75) is 12.5 Å². The van der Waals surface area contributed by atoms with E-state index in [2.05, 4.69) is 4.74 Å². The molecule has 0 aliphatic heterocycles. The second-order valence-corrected chi connectivity index (χ2v) is 3.15. The van der Waals surface area contributed by atoms with Crippen molar-refractivity contribution >= 4 is 14.0 Å². The molecule has 0 aromatic rings. The van der Waals surface area contributed by atoms with Crippen molar-refractivity contribution in [3.05, 3.63) is 0 Å². The highest BCUT2D eigenvalue weighted by Crippen LogP contribution is 2.14. The smallest absolute Gasteiger partial charge is 0.468 e. The Morgan fingerprint density at radius 3 is 2.73 bits per heavy atom. The van der Waals surface area contributed by atoms with Gasteiger partial charge in [-0.25, -0.2) is 0 Å². The van der Waals surface area contributed by atoms with Crippen molar-refractivity contribution < 1.29 is 19.0 Å². The monoisotopic (exact) mass is 180 g/mol. The van der Waals surface area contributed by atoms with Gasteiger partial charge in [-0.3, -0.25) is 4.79 Å². The Labute approximate surface area is 65.4 Å². The molecule has 0 bridgehead atoms. The summed E-state index contributed by atoms with van der Waals surface area (Å²) in [6, 6.07) is -0.786. The standard InChI is InChI=1S/C5H10NO4P/c1-10-5(7)4(6)2-3-11(8)9/h4H,2-3,6H2,1H3/p+1/t4-/m0/s1. The maximum absolute atomic E-state index is 10.6. The minimum atomic E-state index is -2.20. The van der Waals surface area contributed by atoms with Gasteiger partial charge in [0, 0.05) is 6.42 Å². The number of hydrogen-bond donors (Lipinski definition) is 2. The topological polar surface area (TPSA) is 89.6 Å². The van der Waals surface area contributed by atoms with Crippen molar-refractivity contribution in [2.75, 3.05) is 13.3 Å². The predicted molar refractivity (Wildman–Crippen MR) is 39.3 cm³/mol. The molecule has 0 rings (SSSR count). The molecule has 1 unspecified atom stereocenters. The minimum Gasteiger partial charge on any atom is -0.468 e. The average molecular weight is 180 g/mol. The highest BCUT2D eigenvalue weighted by molar-refractivity contribution is 7.37. The third kappa shape index (κ3) is 4.84. The molecule has 0 spiro atoms. The van der Waals surface area contributed by atoms with E-state index in [9.17, 15) is 9.36 Å². The van der Waals surface area contributed by atoms with Crippen LogP contribution in [0.2, 0.25) is 0 Å². The van der Waals surface area contributed by atoms with Crippen LogP contribution >= 0.6 is 8.03 Å².